The monoisotopic (exact) mass is 538 g/mol. The van der Waals surface area contributed by atoms with E-state index in [2.05, 4.69) is 5.10 Å². The van der Waals surface area contributed by atoms with Crippen LogP contribution in [0.25, 0.3) is 21.7 Å². The number of hydrazone groups is 1. The first-order valence-corrected chi connectivity index (χ1v) is 12.7. The van der Waals surface area contributed by atoms with E-state index in [0.717, 1.165) is 29.7 Å². The number of fused-ring (bicyclic) bond motifs is 2. The molecule has 0 unspecified atom stereocenters. The van der Waals surface area contributed by atoms with Crippen LogP contribution >= 0.6 is 0 Å². The van der Waals surface area contributed by atoms with Crippen molar-refractivity contribution < 1.29 is 22.4 Å². The van der Waals surface area contributed by atoms with Crippen LogP contribution in [0.1, 0.15) is 35.7 Å². The van der Waals surface area contributed by atoms with Crippen molar-refractivity contribution in [3.63, 3.8) is 0 Å². The van der Waals surface area contributed by atoms with E-state index in [1.807, 2.05) is 22.5 Å². The molecule has 0 aliphatic carbocycles. The van der Waals surface area contributed by atoms with Crippen molar-refractivity contribution in [1.29, 1.82) is 0 Å². The maximum Gasteiger partial charge on any atom is 0.431 e. The minimum absolute atomic E-state index is 0.0267. The largest absolute Gasteiger partial charge is 0.431 e. The molecule has 1 aromatic heterocycles. The van der Waals surface area contributed by atoms with Crippen molar-refractivity contribution in [2.24, 2.45) is 5.10 Å². The van der Waals surface area contributed by atoms with E-state index < -0.39 is 41.0 Å². The van der Waals surface area contributed by atoms with Gasteiger partial charge in [-0.25, -0.2) is 9.82 Å². The molecule has 4 aromatic rings. The predicted molar refractivity (Wildman–Crippen MR) is 144 cm³/mol. The lowest BCUT2D eigenvalue weighted by atomic mass is 10.0. The summed E-state index contributed by atoms with van der Waals surface area (Å²) >= 11 is 0. The summed E-state index contributed by atoms with van der Waals surface area (Å²) < 4.78 is 58.0. The van der Waals surface area contributed by atoms with Gasteiger partial charge in [-0.15, -0.1) is 0 Å². The molecule has 5 rings (SSSR count). The molecule has 0 bridgehead atoms. The molecule has 1 N–H and O–H groups in total. The molecule has 202 valence electrons. The van der Waals surface area contributed by atoms with Gasteiger partial charge in [-0.3, -0.25) is 9.59 Å². The second-order valence-electron chi connectivity index (χ2n) is 9.53. The molecule has 1 amide bonds. The number of hydrogen-bond acceptors (Lipinski definition) is 4. The standard InChI is InChI=1S/C29H26F4N4O2/c1-2-36-17-22(27(38)21-15-23(30)25(16-24(21)36)37-11-5-6-12-37)28(39)35-34-26(29(31,32)33)14-18-9-10-19-7-3-4-8-20(19)13-18/h3-4,7-10,13,15-17H,2,5-6,11-12,14H2,1H3,(H,35,39)/b34-26-. The molecule has 1 fully saturated rings. The highest BCUT2D eigenvalue weighted by Gasteiger charge is 2.36. The fourth-order valence-corrected chi connectivity index (χ4v) is 4.95. The quantitative estimate of drug-likeness (QED) is 0.192. The number of aryl methyl sites for hydroxylation is 1. The van der Waals surface area contributed by atoms with Gasteiger partial charge in [0.25, 0.3) is 5.91 Å². The van der Waals surface area contributed by atoms with E-state index >= 15 is 0 Å². The Morgan fingerprint density at radius 1 is 1.03 bits per heavy atom. The van der Waals surface area contributed by atoms with E-state index in [4.69, 9.17) is 0 Å². The van der Waals surface area contributed by atoms with E-state index in [-0.39, 0.29) is 5.39 Å². The Kier molecular flexibility index (Phi) is 7.12. The number of carbonyl (C=O) groups excluding carboxylic acids is 1. The average Bonchev–Trinajstić information content (AvgIpc) is 3.45. The van der Waals surface area contributed by atoms with Crippen LogP contribution in [0.5, 0.6) is 0 Å². The normalized spacial score (nSPS) is 14.4. The van der Waals surface area contributed by atoms with Crippen LogP contribution in [0, 0.1) is 5.82 Å². The smallest absolute Gasteiger partial charge is 0.369 e. The number of nitrogens with zero attached hydrogens (tertiary/aromatic N) is 3. The lowest BCUT2D eigenvalue weighted by Crippen LogP contribution is -2.32. The summed E-state index contributed by atoms with van der Waals surface area (Å²) in [6.07, 6.45) is -2.23. The van der Waals surface area contributed by atoms with Crippen molar-refractivity contribution in [2.45, 2.75) is 38.9 Å². The topological polar surface area (TPSA) is 66.7 Å². The Morgan fingerprint density at radius 3 is 2.44 bits per heavy atom. The molecular weight excluding hydrogens is 512 g/mol. The van der Waals surface area contributed by atoms with Crippen LogP contribution in [0.3, 0.4) is 0 Å². The molecule has 1 saturated heterocycles. The zero-order valence-corrected chi connectivity index (χ0v) is 21.2. The van der Waals surface area contributed by atoms with Gasteiger partial charge in [0, 0.05) is 37.6 Å². The number of halogens is 4. The highest BCUT2D eigenvalue weighted by molar-refractivity contribution is 5.99. The minimum atomic E-state index is -4.82. The summed E-state index contributed by atoms with van der Waals surface area (Å²) in [5, 5.41) is 5.00. The molecule has 0 atom stereocenters. The number of carbonyl (C=O) groups is 1. The molecule has 0 saturated carbocycles. The second kappa shape index (κ2) is 10.5. The third-order valence-electron chi connectivity index (χ3n) is 6.99. The molecule has 39 heavy (non-hydrogen) atoms. The maximum absolute atomic E-state index is 15.0. The SMILES string of the molecule is CCn1cc(C(=O)N/N=C(/Cc2ccc3ccccc3c2)C(F)(F)F)c(=O)c2cc(F)c(N3CCCC3)cc21. The van der Waals surface area contributed by atoms with Gasteiger partial charge in [0.1, 0.15) is 17.1 Å². The van der Waals surface area contributed by atoms with Gasteiger partial charge >= 0.3 is 6.18 Å². The van der Waals surface area contributed by atoms with Gasteiger partial charge in [0.15, 0.2) is 0 Å². The van der Waals surface area contributed by atoms with Crippen molar-refractivity contribution in [3.05, 3.63) is 88.0 Å². The van der Waals surface area contributed by atoms with E-state index in [1.165, 1.54) is 6.20 Å². The number of hydrogen-bond donors (Lipinski definition) is 1. The lowest BCUT2D eigenvalue weighted by molar-refractivity contribution is -0.0604. The molecule has 6 nitrogen and oxygen atoms in total. The third kappa shape index (κ3) is 5.36. The molecule has 1 aliphatic rings. The number of aromatic nitrogens is 1. The predicted octanol–water partition coefficient (Wildman–Crippen LogP) is 5.80. The lowest BCUT2D eigenvalue weighted by Gasteiger charge is -2.20. The van der Waals surface area contributed by atoms with Crippen molar-refractivity contribution >= 4 is 39.0 Å². The molecular formula is C29H26F4N4O2. The maximum atomic E-state index is 15.0. The average molecular weight is 539 g/mol. The summed E-state index contributed by atoms with van der Waals surface area (Å²) in [4.78, 5) is 28.0. The Balaban J connectivity index is 1.46. The summed E-state index contributed by atoms with van der Waals surface area (Å²) in [5.41, 5.74) is 0.670. The molecule has 2 heterocycles. The van der Waals surface area contributed by atoms with Gasteiger partial charge < -0.3 is 9.47 Å². The van der Waals surface area contributed by atoms with Crippen molar-refractivity contribution in [1.82, 2.24) is 9.99 Å². The summed E-state index contributed by atoms with van der Waals surface area (Å²) in [6, 6.07) is 14.9. The van der Waals surface area contributed by atoms with Crippen LogP contribution in [0.15, 0.2) is 70.7 Å². The summed E-state index contributed by atoms with van der Waals surface area (Å²) in [7, 11) is 0. The minimum Gasteiger partial charge on any atom is -0.369 e. The Bertz CT molecular complexity index is 1650. The van der Waals surface area contributed by atoms with E-state index in [0.29, 0.717) is 36.4 Å². The zero-order chi connectivity index (χ0) is 27.7. The number of benzene rings is 3. The first kappa shape index (κ1) is 26.4. The summed E-state index contributed by atoms with van der Waals surface area (Å²) in [6.45, 7) is 3.55. The van der Waals surface area contributed by atoms with Gasteiger partial charge in [-0.2, -0.15) is 18.3 Å². The number of amides is 1. The van der Waals surface area contributed by atoms with Gasteiger partial charge in [0.2, 0.25) is 5.43 Å². The Hall–Kier alpha value is -4.21. The fraction of sp³-hybridized carbons (Fsp3) is 0.276. The first-order chi connectivity index (χ1) is 18.7. The van der Waals surface area contributed by atoms with Gasteiger partial charge in [0.05, 0.1) is 11.2 Å². The van der Waals surface area contributed by atoms with Crippen molar-refractivity contribution in [2.75, 3.05) is 18.0 Å². The Morgan fingerprint density at radius 2 is 1.74 bits per heavy atom. The van der Waals surface area contributed by atoms with Crippen LogP contribution in [0.2, 0.25) is 0 Å². The highest BCUT2D eigenvalue weighted by atomic mass is 19.4. The van der Waals surface area contributed by atoms with Gasteiger partial charge in [-0.05, 0) is 48.2 Å². The van der Waals surface area contributed by atoms with Crippen LogP contribution < -0.4 is 15.8 Å². The van der Waals surface area contributed by atoms with Crippen molar-refractivity contribution in [3.8, 4) is 0 Å². The number of pyridine rings is 1. The molecule has 3 aromatic carbocycles. The molecule has 1 aliphatic heterocycles. The molecule has 0 spiro atoms. The van der Waals surface area contributed by atoms with E-state index in [9.17, 15) is 27.2 Å². The van der Waals surface area contributed by atoms with E-state index in [1.54, 1.807) is 47.9 Å². The molecule has 0 radical (unpaired) electrons. The number of nitrogens with one attached hydrogen (secondary N) is 1. The van der Waals surface area contributed by atoms with Crippen LogP contribution in [0.4, 0.5) is 23.2 Å². The zero-order valence-electron chi connectivity index (χ0n) is 21.2. The highest BCUT2D eigenvalue weighted by Crippen LogP contribution is 2.28. The Labute approximate surface area is 221 Å². The number of rotatable bonds is 6. The molecule has 10 heteroatoms. The third-order valence-corrected chi connectivity index (χ3v) is 6.99. The second-order valence-corrected chi connectivity index (χ2v) is 9.53. The summed E-state index contributed by atoms with van der Waals surface area (Å²) in [5.74, 6) is -1.69. The number of anilines is 1. The number of alkyl halides is 3. The van der Waals surface area contributed by atoms with Crippen LogP contribution in [-0.2, 0) is 13.0 Å². The first-order valence-electron chi connectivity index (χ1n) is 12.7. The van der Waals surface area contributed by atoms with Gasteiger partial charge in [-0.1, -0.05) is 42.5 Å². The van der Waals surface area contributed by atoms with Crippen LogP contribution in [-0.4, -0.2) is 35.5 Å². The fourth-order valence-electron chi connectivity index (χ4n) is 4.95.